The molecule has 1 aliphatic heterocycles. The summed E-state index contributed by atoms with van der Waals surface area (Å²) in [5.41, 5.74) is 5.45. The monoisotopic (exact) mass is 185 g/mol. The quantitative estimate of drug-likeness (QED) is 0.532. The molecule has 5 heteroatoms. The lowest BCUT2D eigenvalue weighted by atomic mass is 10.1. The zero-order valence-electron chi connectivity index (χ0n) is 7.91. The van der Waals surface area contributed by atoms with E-state index in [1.165, 1.54) is 4.90 Å². The summed E-state index contributed by atoms with van der Waals surface area (Å²) in [5, 5.41) is 2.68. The van der Waals surface area contributed by atoms with Crippen molar-refractivity contribution >= 4 is 11.8 Å². The van der Waals surface area contributed by atoms with Crippen molar-refractivity contribution < 1.29 is 9.59 Å². The van der Waals surface area contributed by atoms with E-state index in [0.717, 1.165) is 0 Å². The fourth-order valence-electron chi connectivity index (χ4n) is 1.35. The number of piperazine rings is 1. The van der Waals surface area contributed by atoms with Crippen LogP contribution in [0.4, 0.5) is 0 Å². The van der Waals surface area contributed by atoms with Gasteiger partial charge < -0.3 is 16.0 Å². The molecule has 2 atom stereocenters. The first-order valence-electron chi connectivity index (χ1n) is 4.38. The number of nitrogens with two attached hydrogens (primary N) is 1. The van der Waals surface area contributed by atoms with Crippen LogP contribution < -0.4 is 11.1 Å². The van der Waals surface area contributed by atoms with Gasteiger partial charge in [-0.25, -0.2) is 0 Å². The molecule has 0 aliphatic carbocycles. The van der Waals surface area contributed by atoms with Crippen LogP contribution in [-0.4, -0.2) is 41.9 Å². The molecule has 0 aromatic carbocycles. The number of nitrogens with zero attached hydrogens (tertiary/aromatic N) is 1. The third kappa shape index (κ3) is 1.98. The fraction of sp³-hybridized carbons (Fsp3) is 0.750. The van der Waals surface area contributed by atoms with Gasteiger partial charge in [-0.2, -0.15) is 0 Å². The molecule has 1 saturated heterocycles. The van der Waals surface area contributed by atoms with E-state index in [1.54, 1.807) is 13.8 Å². The molecule has 0 saturated carbocycles. The number of nitrogens with one attached hydrogen (secondary N) is 1. The zero-order chi connectivity index (χ0) is 10.0. The van der Waals surface area contributed by atoms with Crippen molar-refractivity contribution in [3.8, 4) is 0 Å². The van der Waals surface area contributed by atoms with Crippen LogP contribution in [0.1, 0.15) is 13.8 Å². The maximum Gasteiger partial charge on any atom is 0.242 e. The zero-order valence-corrected chi connectivity index (χ0v) is 7.91. The van der Waals surface area contributed by atoms with Crippen molar-refractivity contribution in [3.63, 3.8) is 0 Å². The molecular weight excluding hydrogens is 170 g/mol. The van der Waals surface area contributed by atoms with E-state index >= 15 is 0 Å². The summed E-state index contributed by atoms with van der Waals surface area (Å²) in [6.07, 6.45) is 0. The Bertz CT molecular complexity index is 227. The summed E-state index contributed by atoms with van der Waals surface area (Å²) < 4.78 is 0. The molecule has 0 spiro atoms. The van der Waals surface area contributed by atoms with E-state index in [1.807, 2.05) is 0 Å². The van der Waals surface area contributed by atoms with Gasteiger partial charge in [-0.3, -0.25) is 9.59 Å². The van der Waals surface area contributed by atoms with Crippen LogP contribution >= 0.6 is 0 Å². The molecule has 0 radical (unpaired) electrons. The van der Waals surface area contributed by atoms with Crippen molar-refractivity contribution in [3.05, 3.63) is 0 Å². The number of carbonyl (C=O) groups is 2. The number of rotatable bonds is 1. The highest BCUT2D eigenvalue weighted by Gasteiger charge is 2.30. The molecule has 0 bridgehead atoms. The molecule has 0 aromatic heterocycles. The van der Waals surface area contributed by atoms with Gasteiger partial charge in [0.1, 0.15) is 6.04 Å². The molecule has 1 fully saturated rings. The Balaban J connectivity index is 2.68. The largest absolute Gasteiger partial charge is 0.353 e. The van der Waals surface area contributed by atoms with Crippen molar-refractivity contribution in [2.75, 3.05) is 13.1 Å². The second-order valence-electron chi connectivity index (χ2n) is 3.29. The molecule has 1 rings (SSSR count). The minimum Gasteiger partial charge on any atom is -0.353 e. The van der Waals surface area contributed by atoms with Gasteiger partial charge in [0.05, 0.1) is 6.04 Å². The molecule has 2 amide bonds. The van der Waals surface area contributed by atoms with Gasteiger partial charge in [-0.15, -0.1) is 0 Å². The van der Waals surface area contributed by atoms with E-state index in [2.05, 4.69) is 5.32 Å². The summed E-state index contributed by atoms with van der Waals surface area (Å²) in [6, 6.07) is -0.930. The van der Waals surface area contributed by atoms with Crippen LogP contribution in [0.3, 0.4) is 0 Å². The SMILES string of the molecule is CC1C(=O)NCCN1C(=O)[C@@H](C)N. The minimum atomic E-state index is -0.534. The Morgan fingerprint density at radius 3 is 2.92 bits per heavy atom. The molecule has 0 aromatic rings. The predicted octanol–water partition coefficient (Wildman–Crippen LogP) is -1.32. The smallest absolute Gasteiger partial charge is 0.242 e. The summed E-state index contributed by atoms with van der Waals surface area (Å²) in [4.78, 5) is 24.2. The average molecular weight is 185 g/mol. The summed E-state index contributed by atoms with van der Waals surface area (Å²) in [7, 11) is 0. The average Bonchev–Trinajstić information content (AvgIpc) is 2.08. The lowest BCUT2D eigenvalue weighted by Gasteiger charge is -2.33. The predicted molar refractivity (Wildman–Crippen MR) is 47.8 cm³/mol. The lowest BCUT2D eigenvalue weighted by molar-refractivity contribution is -0.143. The summed E-state index contributed by atoms with van der Waals surface area (Å²) in [5.74, 6) is -0.275. The first-order chi connectivity index (χ1) is 6.04. The highest BCUT2D eigenvalue weighted by Crippen LogP contribution is 2.05. The topological polar surface area (TPSA) is 75.4 Å². The number of carbonyl (C=O) groups excluding carboxylic acids is 2. The molecule has 1 unspecified atom stereocenters. The number of hydrogen-bond acceptors (Lipinski definition) is 3. The first-order valence-corrected chi connectivity index (χ1v) is 4.38. The molecule has 1 heterocycles. The van der Waals surface area contributed by atoms with E-state index < -0.39 is 12.1 Å². The third-order valence-electron chi connectivity index (χ3n) is 2.17. The second-order valence-corrected chi connectivity index (χ2v) is 3.29. The normalized spacial score (nSPS) is 25.3. The van der Waals surface area contributed by atoms with Crippen LogP contribution in [0.5, 0.6) is 0 Å². The highest BCUT2D eigenvalue weighted by molar-refractivity contribution is 5.90. The second kappa shape index (κ2) is 3.74. The summed E-state index contributed by atoms with van der Waals surface area (Å²) in [6.45, 7) is 4.39. The van der Waals surface area contributed by atoms with Crippen molar-refractivity contribution in [2.24, 2.45) is 5.73 Å². The van der Waals surface area contributed by atoms with Gasteiger partial charge in [0, 0.05) is 13.1 Å². The first kappa shape index (κ1) is 9.98. The Morgan fingerprint density at radius 2 is 2.38 bits per heavy atom. The Labute approximate surface area is 77.3 Å². The van der Waals surface area contributed by atoms with Crippen LogP contribution in [0, 0.1) is 0 Å². The van der Waals surface area contributed by atoms with E-state index in [0.29, 0.717) is 13.1 Å². The molecule has 13 heavy (non-hydrogen) atoms. The fourth-order valence-corrected chi connectivity index (χ4v) is 1.35. The van der Waals surface area contributed by atoms with Crippen LogP contribution in [0.2, 0.25) is 0 Å². The molecule has 5 nitrogen and oxygen atoms in total. The number of amides is 2. The van der Waals surface area contributed by atoms with E-state index in [4.69, 9.17) is 5.73 Å². The molecule has 1 aliphatic rings. The summed E-state index contributed by atoms with van der Waals surface area (Å²) >= 11 is 0. The third-order valence-corrected chi connectivity index (χ3v) is 2.17. The Hall–Kier alpha value is -1.10. The van der Waals surface area contributed by atoms with Crippen LogP contribution in [0.15, 0.2) is 0 Å². The Kier molecular flexibility index (Phi) is 2.87. The van der Waals surface area contributed by atoms with Gasteiger partial charge in [0.15, 0.2) is 0 Å². The lowest BCUT2D eigenvalue weighted by Crippen LogP contribution is -2.58. The number of hydrogen-bond donors (Lipinski definition) is 2. The van der Waals surface area contributed by atoms with Crippen LogP contribution in [-0.2, 0) is 9.59 Å². The molecule has 74 valence electrons. The van der Waals surface area contributed by atoms with Gasteiger partial charge >= 0.3 is 0 Å². The van der Waals surface area contributed by atoms with Gasteiger partial charge in [-0.05, 0) is 13.8 Å². The van der Waals surface area contributed by atoms with Crippen molar-refractivity contribution in [1.82, 2.24) is 10.2 Å². The minimum absolute atomic E-state index is 0.111. The maximum atomic E-state index is 11.5. The van der Waals surface area contributed by atoms with Crippen molar-refractivity contribution in [2.45, 2.75) is 25.9 Å². The molecular formula is C8H15N3O2. The van der Waals surface area contributed by atoms with Crippen LogP contribution in [0.25, 0.3) is 0 Å². The standard InChI is InChI=1S/C8H15N3O2/c1-5(9)8(13)11-4-3-10-7(12)6(11)2/h5-6H,3-4,9H2,1-2H3,(H,10,12)/t5-,6?/m1/s1. The van der Waals surface area contributed by atoms with Crippen molar-refractivity contribution in [1.29, 1.82) is 0 Å². The van der Waals surface area contributed by atoms with E-state index in [-0.39, 0.29) is 11.8 Å². The highest BCUT2D eigenvalue weighted by atomic mass is 16.2. The molecule has 3 N–H and O–H groups in total. The maximum absolute atomic E-state index is 11.5. The van der Waals surface area contributed by atoms with Gasteiger partial charge in [0.25, 0.3) is 0 Å². The van der Waals surface area contributed by atoms with E-state index in [9.17, 15) is 9.59 Å². The van der Waals surface area contributed by atoms with Gasteiger partial charge in [-0.1, -0.05) is 0 Å². The Morgan fingerprint density at radius 1 is 1.77 bits per heavy atom. The van der Waals surface area contributed by atoms with Gasteiger partial charge in [0.2, 0.25) is 11.8 Å².